The first kappa shape index (κ1) is 11.9. The summed E-state index contributed by atoms with van der Waals surface area (Å²) >= 11 is 1.99. The summed E-state index contributed by atoms with van der Waals surface area (Å²) in [7, 11) is 0. The first-order valence-electron chi connectivity index (χ1n) is 5.80. The summed E-state index contributed by atoms with van der Waals surface area (Å²) in [4.78, 5) is 4.29. The molecule has 0 spiro atoms. The highest BCUT2D eigenvalue weighted by atomic mass is 32.2. The zero-order valence-corrected chi connectivity index (χ0v) is 10.2. The lowest BCUT2D eigenvalue weighted by Crippen LogP contribution is -2.20. The van der Waals surface area contributed by atoms with Crippen molar-refractivity contribution in [3.63, 3.8) is 0 Å². The average Bonchev–Trinajstić information content (AvgIpc) is 2.25. The molecule has 2 nitrogen and oxygen atoms in total. The van der Waals surface area contributed by atoms with E-state index in [-0.39, 0.29) is 0 Å². The number of hydrogen-bond acceptors (Lipinski definition) is 2. The molecule has 0 N–H and O–H groups in total. The van der Waals surface area contributed by atoms with Crippen LogP contribution in [0.25, 0.3) is 0 Å². The lowest BCUT2D eigenvalue weighted by atomic mass is 10.0. The molecule has 0 aromatic rings. The quantitative estimate of drug-likeness (QED) is 0.396. The van der Waals surface area contributed by atoms with Crippen molar-refractivity contribution in [1.29, 1.82) is 0 Å². The monoisotopic (exact) mass is 214 g/mol. The fourth-order valence-corrected chi connectivity index (χ4v) is 2.92. The standard InChI is InChI=1S/C11H22N2S/c1-3-12-10-13(4-2)14-11-8-6-5-7-9-11/h10-11H,3-9H2,1-2H3. The van der Waals surface area contributed by atoms with Crippen molar-refractivity contribution in [2.24, 2.45) is 4.99 Å². The fourth-order valence-electron chi connectivity index (χ4n) is 1.72. The van der Waals surface area contributed by atoms with Crippen LogP contribution in [0.3, 0.4) is 0 Å². The molecular formula is C11H22N2S. The SMILES string of the molecule is CCN=CN(CC)SC1CCCCC1. The minimum Gasteiger partial charge on any atom is -0.307 e. The Morgan fingerprint density at radius 2 is 2.00 bits per heavy atom. The van der Waals surface area contributed by atoms with Gasteiger partial charge in [0, 0.05) is 18.3 Å². The second kappa shape index (κ2) is 7.16. The van der Waals surface area contributed by atoms with Gasteiger partial charge in [-0.05, 0) is 38.6 Å². The van der Waals surface area contributed by atoms with Crippen molar-refractivity contribution >= 4 is 18.3 Å². The van der Waals surface area contributed by atoms with Crippen molar-refractivity contribution in [1.82, 2.24) is 4.31 Å². The molecule has 0 atom stereocenters. The highest BCUT2D eigenvalue weighted by Gasteiger charge is 2.15. The summed E-state index contributed by atoms with van der Waals surface area (Å²) in [6, 6.07) is 0. The van der Waals surface area contributed by atoms with E-state index in [1.54, 1.807) is 0 Å². The molecular weight excluding hydrogens is 192 g/mol. The maximum absolute atomic E-state index is 4.29. The van der Waals surface area contributed by atoms with E-state index >= 15 is 0 Å². The molecule has 1 aliphatic carbocycles. The number of hydrogen-bond donors (Lipinski definition) is 0. The molecule has 0 amide bonds. The van der Waals surface area contributed by atoms with Gasteiger partial charge in [-0.2, -0.15) is 0 Å². The Hall–Kier alpha value is -0.180. The largest absolute Gasteiger partial charge is 0.307 e. The smallest absolute Gasteiger partial charge is 0.0949 e. The van der Waals surface area contributed by atoms with Crippen molar-refractivity contribution in [2.45, 2.75) is 51.2 Å². The van der Waals surface area contributed by atoms with Crippen LogP contribution in [0.15, 0.2) is 4.99 Å². The normalized spacial score (nSPS) is 19.0. The number of aliphatic imine (C=N–C) groups is 1. The molecule has 1 aliphatic rings. The summed E-state index contributed by atoms with van der Waals surface area (Å²) in [6.07, 6.45) is 9.05. The summed E-state index contributed by atoms with van der Waals surface area (Å²) < 4.78 is 2.28. The highest BCUT2D eigenvalue weighted by molar-refractivity contribution is 7.98. The Labute approximate surface area is 92.3 Å². The third-order valence-electron chi connectivity index (χ3n) is 2.54. The van der Waals surface area contributed by atoms with Crippen LogP contribution in [0, 0.1) is 0 Å². The van der Waals surface area contributed by atoms with Crippen LogP contribution in [0.1, 0.15) is 46.0 Å². The second-order valence-electron chi connectivity index (χ2n) is 3.71. The van der Waals surface area contributed by atoms with Crippen molar-refractivity contribution in [2.75, 3.05) is 13.1 Å². The number of nitrogens with zero attached hydrogens (tertiary/aromatic N) is 2. The summed E-state index contributed by atoms with van der Waals surface area (Å²) in [6.45, 7) is 6.22. The molecule has 3 heteroatoms. The zero-order valence-electron chi connectivity index (χ0n) is 9.41. The molecule has 0 aliphatic heterocycles. The Bertz CT molecular complexity index is 165. The van der Waals surface area contributed by atoms with Crippen molar-refractivity contribution < 1.29 is 0 Å². The van der Waals surface area contributed by atoms with Gasteiger partial charge in [0.25, 0.3) is 0 Å². The zero-order chi connectivity index (χ0) is 10.2. The Kier molecular flexibility index (Phi) is 6.08. The molecule has 0 saturated heterocycles. The van der Waals surface area contributed by atoms with E-state index in [4.69, 9.17) is 0 Å². The minimum absolute atomic E-state index is 0.840. The van der Waals surface area contributed by atoms with Crippen LogP contribution in [0.4, 0.5) is 0 Å². The van der Waals surface area contributed by atoms with E-state index < -0.39 is 0 Å². The van der Waals surface area contributed by atoms with Gasteiger partial charge in [0.2, 0.25) is 0 Å². The van der Waals surface area contributed by atoms with E-state index in [1.807, 2.05) is 18.3 Å². The van der Waals surface area contributed by atoms with Gasteiger partial charge in [-0.15, -0.1) is 0 Å². The Morgan fingerprint density at radius 3 is 2.57 bits per heavy atom. The maximum atomic E-state index is 4.29. The van der Waals surface area contributed by atoms with Gasteiger partial charge in [0.1, 0.15) is 0 Å². The lowest BCUT2D eigenvalue weighted by Gasteiger charge is -2.26. The average molecular weight is 214 g/mol. The minimum atomic E-state index is 0.840. The molecule has 0 aromatic carbocycles. The highest BCUT2D eigenvalue weighted by Crippen LogP contribution is 2.29. The van der Waals surface area contributed by atoms with Crippen LogP contribution in [-0.4, -0.2) is 29.0 Å². The first-order chi connectivity index (χ1) is 6.86. The third-order valence-corrected chi connectivity index (χ3v) is 3.93. The predicted molar refractivity (Wildman–Crippen MR) is 65.9 cm³/mol. The Balaban J connectivity index is 2.27. The van der Waals surface area contributed by atoms with Crippen LogP contribution in [0.2, 0.25) is 0 Å². The Morgan fingerprint density at radius 1 is 1.29 bits per heavy atom. The van der Waals surface area contributed by atoms with Crippen molar-refractivity contribution in [3.8, 4) is 0 Å². The van der Waals surface area contributed by atoms with Gasteiger partial charge in [0.15, 0.2) is 0 Å². The van der Waals surface area contributed by atoms with Gasteiger partial charge in [-0.25, -0.2) is 0 Å². The molecule has 0 heterocycles. The van der Waals surface area contributed by atoms with E-state index in [9.17, 15) is 0 Å². The van der Waals surface area contributed by atoms with Gasteiger partial charge in [0.05, 0.1) is 6.34 Å². The van der Waals surface area contributed by atoms with Gasteiger partial charge in [-0.1, -0.05) is 19.3 Å². The summed E-state index contributed by atoms with van der Waals surface area (Å²) in [5.41, 5.74) is 0. The molecule has 0 unspecified atom stereocenters. The fraction of sp³-hybridized carbons (Fsp3) is 0.909. The van der Waals surface area contributed by atoms with Crippen LogP contribution < -0.4 is 0 Å². The molecule has 0 bridgehead atoms. The third kappa shape index (κ3) is 4.36. The van der Waals surface area contributed by atoms with Crippen LogP contribution in [0.5, 0.6) is 0 Å². The number of rotatable bonds is 5. The van der Waals surface area contributed by atoms with E-state index in [2.05, 4.69) is 23.1 Å². The van der Waals surface area contributed by atoms with Crippen molar-refractivity contribution in [3.05, 3.63) is 0 Å². The summed E-state index contributed by atoms with van der Waals surface area (Å²) in [5, 5.41) is 0.840. The lowest BCUT2D eigenvalue weighted by molar-refractivity contribution is 0.510. The second-order valence-corrected chi connectivity index (χ2v) is 5.06. The van der Waals surface area contributed by atoms with Gasteiger partial charge in [-0.3, -0.25) is 4.99 Å². The molecule has 0 radical (unpaired) electrons. The molecule has 14 heavy (non-hydrogen) atoms. The summed E-state index contributed by atoms with van der Waals surface area (Å²) in [5.74, 6) is 0. The first-order valence-corrected chi connectivity index (χ1v) is 6.63. The van der Waals surface area contributed by atoms with Crippen LogP contribution in [-0.2, 0) is 0 Å². The predicted octanol–water partition coefficient (Wildman–Crippen LogP) is 3.34. The molecule has 1 rings (SSSR count). The van der Waals surface area contributed by atoms with E-state index in [1.165, 1.54) is 32.1 Å². The molecule has 0 aromatic heterocycles. The van der Waals surface area contributed by atoms with Gasteiger partial charge < -0.3 is 4.31 Å². The van der Waals surface area contributed by atoms with E-state index in [0.29, 0.717) is 0 Å². The molecule has 82 valence electrons. The van der Waals surface area contributed by atoms with Crippen LogP contribution >= 0.6 is 11.9 Å². The molecule has 1 saturated carbocycles. The van der Waals surface area contributed by atoms with E-state index in [0.717, 1.165) is 18.3 Å². The molecule has 1 fully saturated rings. The topological polar surface area (TPSA) is 15.6 Å². The van der Waals surface area contributed by atoms with Gasteiger partial charge >= 0.3 is 0 Å². The maximum Gasteiger partial charge on any atom is 0.0949 e.